The maximum atomic E-state index is 13.3. The monoisotopic (exact) mass is 274 g/mol. The van der Waals surface area contributed by atoms with Gasteiger partial charge in [-0.2, -0.15) is 0 Å². The van der Waals surface area contributed by atoms with E-state index in [0.29, 0.717) is 6.61 Å². The molecule has 0 radical (unpaired) electrons. The van der Waals surface area contributed by atoms with Gasteiger partial charge >= 0.3 is 0 Å². The minimum atomic E-state index is -0.550. The molecule has 1 heterocycles. The molecule has 0 bridgehead atoms. The fourth-order valence-corrected chi connectivity index (χ4v) is 1.62. The van der Waals surface area contributed by atoms with E-state index in [1.165, 1.54) is 12.3 Å². The fraction of sp³-hybridized carbons (Fsp3) is 0.200. The first-order valence-electron chi connectivity index (χ1n) is 6.27. The Balaban J connectivity index is 1.69. The van der Waals surface area contributed by atoms with Crippen molar-refractivity contribution >= 4 is 11.6 Å². The molecule has 2 rings (SSSR count). The second kappa shape index (κ2) is 7.35. The number of carbonyl (C=O) groups excluding carboxylic acids is 1. The minimum absolute atomic E-state index is 0.132. The van der Waals surface area contributed by atoms with Crippen LogP contribution in [0.5, 0.6) is 0 Å². The molecule has 1 N–H and O–H groups in total. The summed E-state index contributed by atoms with van der Waals surface area (Å²) >= 11 is 0. The summed E-state index contributed by atoms with van der Waals surface area (Å²) in [6.07, 6.45) is 2.65. The topological polar surface area (TPSA) is 51.2 Å². The van der Waals surface area contributed by atoms with Crippen LogP contribution in [0, 0.1) is 5.82 Å². The first-order chi connectivity index (χ1) is 9.75. The summed E-state index contributed by atoms with van der Waals surface area (Å²) in [6.45, 7) is 0.741. The van der Waals surface area contributed by atoms with Crippen molar-refractivity contribution < 1.29 is 13.9 Å². The van der Waals surface area contributed by atoms with Gasteiger partial charge in [0.2, 0.25) is 5.91 Å². The van der Waals surface area contributed by atoms with Crippen molar-refractivity contribution in [1.29, 1.82) is 0 Å². The van der Waals surface area contributed by atoms with Crippen molar-refractivity contribution in [1.82, 2.24) is 4.98 Å². The molecule has 4 nitrogen and oxygen atoms in total. The zero-order chi connectivity index (χ0) is 14.2. The molecule has 1 aromatic carbocycles. The van der Waals surface area contributed by atoms with Crippen LogP contribution in [0.25, 0.3) is 0 Å². The lowest BCUT2D eigenvalue weighted by atomic mass is 10.2. The number of halogens is 1. The molecule has 1 amide bonds. The van der Waals surface area contributed by atoms with Crippen molar-refractivity contribution in [3.63, 3.8) is 0 Å². The van der Waals surface area contributed by atoms with E-state index in [-0.39, 0.29) is 24.6 Å². The first-order valence-corrected chi connectivity index (χ1v) is 6.27. The van der Waals surface area contributed by atoms with Crippen LogP contribution >= 0.6 is 0 Å². The Morgan fingerprint density at radius 2 is 2.05 bits per heavy atom. The number of carbonyl (C=O) groups is 1. The maximum absolute atomic E-state index is 13.3. The van der Waals surface area contributed by atoms with Crippen LogP contribution in [0.4, 0.5) is 10.1 Å². The summed E-state index contributed by atoms with van der Waals surface area (Å²) in [7, 11) is 0. The van der Waals surface area contributed by atoms with Gasteiger partial charge < -0.3 is 10.1 Å². The molecule has 0 saturated heterocycles. The largest absolute Gasteiger partial charge is 0.376 e. The average Bonchev–Trinajstić information content (AvgIpc) is 2.47. The van der Waals surface area contributed by atoms with Crippen LogP contribution < -0.4 is 5.32 Å². The van der Waals surface area contributed by atoms with Gasteiger partial charge in [-0.3, -0.25) is 9.78 Å². The van der Waals surface area contributed by atoms with Gasteiger partial charge in [0.15, 0.2) is 5.82 Å². The van der Waals surface area contributed by atoms with Crippen LogP contribution in [-0.4, -0.2) is 17.5 Å². The van der Waals surface area contributed by atoms with Crippen LogP contribution in [-0.2, 0) is 16.1 Å². The number of benzene rings is 1. The molecule has 0 spiro atoms. The highest BCUT2D eigenvalue weighted by Gasteiger charge is 2.06. The van der Waals surface area contributed by atoms with Gasteiger partial charge in [-0.15, -0.1) is 0 Å². The molecule has 0 aliphatic carbocycles. The number of aromatic nitrogens is 1. The summed E-state index contributed by atoms with van der Waals surface area (Å²) in [4.78, 5) is 15.2. The maximum Gasteiger partial charge on any atom is 0.226 e. The number of hydrogen-bond acceptors (Lipinski definition) is 3. The molecule has 0 aliphatic heterocycles. The van der Waals surface area contributed by atoms with E-state index in [2.05, 4.69) is 10.3 Å². The van der Waals surface area contributed by atoms with Gasteiger partial charge in [-0.25, -0.2) is 4.39 Å². The van der Waals surface area contributed by atoms with Crippen molar-refractivity contribution in [2.75, 3.05) is 11.9 Å². The standard InChI is InChI=1S/C15H15FN2O2/c16-13-10-17-8-6-14(13)18-15(19)7-9-20-11-12-4-2-1-3-5-12/h1-6,8,10H,7,9,11H2,(H,17,18,19). The molecule has 0 fully saturated rings. The highest BCUT2D eigenvalue weighted by molar-refractivity contribution is 5.90. The number of ether oxygens (including phenoxy) is 1. The van der Waals surface area contributed by atoms with Crippen LogP contribution in [0.2, 0.25) is 0 Å². The highest BCUT2D eigenvalue weighted by atomic mass is 19.1. The lowest BCUT2D eigenvalue weighted by Gasteiger charge is -2.06. The molecule has 0 saturated carbocycles. The predicted molar refractivity (Wildman–Crippen MR) is 73.5 cm³/mol. The van der Waals surface area contributed by atoms with Gasteiger partial charge in [-0.05, 0) is 11.6 Å². The predicted octanol–water partition coefficient (Wildman–Crippen LogP) is 2.77. The second-order valence-corrected chi connectivity index (χ2v) is 4.19. The first kappa shape index (κ1) is 14.1. The van der Waals surface area contributed by atoms with E-state index in [9.17, 15) is 9.18 Å². The molecular weight excluding hydrogens is 259 g/mol. The van der Waals surface area contributed by atoms with Crippen molar-refractivity contribution in [3.05, 3.63) is 60.2 Å². The fourth-order valence-electron chi connectivity index (χ4n) is 1.62. The van der Waals surface area contributed by atoms with E-state index in [0.717, 1.165) is 11.8 Å². The molecular formula is C15H15FN2O2. The van der Waals surface area contributed by atoms with E-state index in [1.54, 1.807) is 0 Å². The van der Waals surface area contributed by atoms with Gasteiger partial charge in [0.25, 0.3) is 0 Å². The summed E-state index contributed by atoms with van der Waals surface area (Å²) in [6, 6.07) is 11.1. The van der Waals surface area contributed by atoms with Crippen molar-refractivity contribution in [2.24, 2.45) is 0 Å². The smallest absolute Gasteiger partial charge is 0.226 e. The van der Waals surface area contributed by atoms with E-state index in [1.807, 2.05) is 30.3 Å². The minimum Gasteiger partial charge on any atom is -0.376 e. The van der Waals surface area contributed by atoms with Crippen LogP contribution in [0.3, 0.4) is 0 Å². The molecule has 0 aliphatic rings. The normalized spacial score (nSPS) is 10.2. The van der Waals surface area contributed by atoms with E-state index in [4.69, 9.17) is 4.74 Å². The summed E-state index contributed by atoms with van der Waals surface area (Å²) < 4.78 is 18.6. The van der Waals surface area contributed by atoms with Crippen molar-refractivity contribution in [2.45, 2.75) is 13.0 Å². The van der Waals surface area contributed by atoms with E-state index >= 15 is 0 Å². The van der Waals surface area contributed by atoms with Gasteiger partial charge in [0, 0.05) is 6.20 Å². The molecule has 1 aromatic heterocycles. The molecule has 0 atom stereocenters. The Morgan fingerprint density at radius 3 is 2.80 bits per heavy atom. The zero-order valence-electron chi connectivity index (χ0n) is 10.9. The number of hydrogen-bond donors (Lipinski definition) is 1. The molecule has 5 heteroatoms. The Hall–Kier alpha value is -2.27. The second-order valence-electron chi connectivity index (χ2n) is 4.19. The van der Waals surface area contributed by atoms with Gasteiger partial charge in [0.05, 0.1) is 31.5 Å². The number of amides is 1. The molecule has 2 aromatic rings. The lowest BCUT2D eigenvalue weighted by molar-refractivity contribution is -0.117. The number of pyridine rings is 1. The molecule has 104 valence electrons. The Bertz CT molecular complexity index is 561. The number of anilines is 1. The van der Waals surface area contributed by atoms with E-state index < -0.39 is 5.82 Å². The third-order valence-electron chi connectivity index (χ3n) is 2.63. The Kier molecular flexibility index (Phi) is 5.20. The number of nitrogens with zero attached hydrogens (tertiary/aromatic N) is 1. The third kappa shape index (κ3) is 4.44. The van der Waals surface area contributed by atoms with Crippen molar-refractivity contribution in [3.8, 4) is 0 Å². The highest BCUT2D eigenvalue weighted by Crippen LogP contribution is 2.11. The zero-order valence-corrected chi connectivity index (χ0v) is 10.9. The quantitative estimate of drug-likeness (QED) is 0.824. The summed E-state index contributed by atoms with van der Waals surface area (Å²) in [5, 5.41) is 2.47. The van der Waals surface area contributed by atoms with Gasteiger partial charge in [-0.1, -0.05) is 30.3 Å². The Labute approximate surface area is 116 Å². The Morgan fingerprint density at radius 1 is 1.25 bits per heavy atom. The average molecular weight is 274 g/mol. The van der Waals surface area contributed by atoms with Gasteiger partial charge in [0.1, 0.15) is 0 Å². The summed E-state index contributed by atoms with van der Waals surface area (Å²) in [5.74, 6) is -0.839. The molecule has 20 heavy (non-hydrogen) atoms. The SMILES string of the molecule is O=C(CCOCc1ccccc1)Nc1ccncc1F. The number of nitrogens with one attached hydrogen (secondary N) is 1. The molecule has 0 unspecified atom stereocenters. The summed E-state index contributed by atoms with van der Waals surface area (Å²) in [5.41, 5.74) is 1.18. The number of rotatable bonds is 6. The van der Waals surface area contributed by atoms with Crippen LogP contribution in [0.15, 0.2) is 48.8 Å². The lowest BCUT2D eigenvalue weighted by Crippen LogP contribution is -2.15. The third-order valence-corrected chi connectivity index (χ3v) is 2.63. The van der Waals surface area contributed by atoms with Crippen LogP contribution in [0.1, 0.15) is 12.0 Å².